The first kappa shape index (κ1) is 23.7. The standard InChI is InChI=1S/C21H16F8N2O/c1-2-31-17(11-16(32)12-3-7-14(22)8-4-12)19(20(24,25)26,21(27,28)29)30-18(31)13-5-9-15(23)10-6-13/h3-10,17H,2,11H2,1H3. The van der Waals surface area contributed by atoms with Crippen LogP contribution in [0.25, 0.3) is 0 Å². The molecule has 3 rings (SSSR count). The fourth-order valence-electron chi connectivity index (χ4n) is 3.73. The molecule has 1 heterocycles. The van der Waals surface area contributed by atoms with Crippen molar-refractivity contribution in [1.82, 2.24) is 4.90 Å². The number of rotatable bonds is 5. The molecular formula is C21H16F8N2O. The summed E-state index contributed by atoms with van der Waals surface area (Å²) in [6, 6.07) is 5.04. The maximum Gasteiger partial charge on any atom is 0.424 e. The van der Waals surface area contributed by atoms with Crippen molar-refractivity contribution < 1.29 is 39.9 Å². The lowest BCUT2D eigenvalue weighted by molar-refractivity contribution is -0.303. The lowest BCUT2D eigenvalue weighted by atomic mass is 9.84. The number of Topliss-reactive ketones (excluding diaryl/α,β-unsaturated/α-hetero) is 1. The number of likely N-dealkylation sites (N-methyl/N-ethyl adjacent to an activating group) is 1. The van der Waals surface area contributed by atoms with Gasteiger partial charge in [-0.05, 0) is 55.5 Å². The van der Waals surface area contributed by atoms with Gasteiger partial charge in [0.1, 0.15) is 17.5 Å². The normalized spacial score (nSPS) is 18.6. The van der Waals surface area contributed by atoms with Crippen LogP contribution in [0, 0.1) is 11.6 Å². The molecule has 1 aliphatic rings. The summed E-state index contributed by atoms with van der Waals surface area (Å²) >= 11 is 0. The van der Waals surface area contributed by atoms with Gasteiger partial charge in [-0.25, -0.2) is 13.8 Å². The van der Waals surface area contributed by atoms with Gasteiger partial charge in [0.2, 0.25) is 0 Å². The second-order valence-corrected chi connectivity index (χ2v) is 7.14. The molecule has 0 bridgehead atoms. The summed E-state index contributed by atoms with van der Waals surface area (Å²) in [6.07, 6.45) is -13.0. The summed E-state index contributed by atoms with van der Waals surface area (Å²) in [6.45, 7) is 0.975. The number of aliphatic imine (C=N–C) groups is 1. The second kappa shape index (κ2) is 8.18. The van der Waals surface area contributed by atoms with Gasteiger partial charge in [-0.2, -0.15) is 26.3 Å². The van der Waals surface area contributed by atoms with E-state index in [4.69, 9.17) is 0 Å². The van der Waals surface area contributed by atoms with Gasteiger partial charge >= 0.3 is 12.4 Å². The Morgan fingerprint density at radius 3 is 1.81 bits per heavy atom. The van der Waals surface area contributed by atoms with Crippen LogP contribution in [0.4, 0.5) is 35.1 Å². The SMILES string of the molecule is CCN1C(c2ccc(F)cc2)=NC(C(F)(F)F)(C(F)(F)F)C1CC(=O)c1ccc(F)cc1. The van der Waals surface area contributed by atoms with E-state index < -0.39 is 53.6 Å². The number of carbonyl (C=O) groups is 1. The number of amidine groups is 1. The molecule has 172 valence electrons. The molecule has 0 aromatic heterocycles. The van der Waals surface area contributed by atoms with Crippen LogP contribution in [0.2, 0.25) is 0 Å². The summed E-state index contributed by atoms with van der Waals surface area (Å²) in [5.74, 6) is -3.16. The van der Waals surface area contributed by atoms with Gasteiger partial charge in [-0.1, -0.05) is 0 Å². The minimum absolute atomic E-state index is 0.164. The van der Waals surface area contributed by atoms with Gasteiger partial charge < -0.3 is 4.90 Å². The van der Waals surface area contributed by atoms with Crippen LogP contribution in [-0.2, 0) is 0 Å². The number of halogens is 8. The van der Waals surface area contributed by atoms with E-state index >= 15 is 0 Å². The zero-order chi connectivity index (χ0) is 23.9. The van der Waals surface area contributed by atoms with Crippen LogP contribution in [-0.4, -0.2) is 47.0 Å². The van der Waals surface area contributed by atoms with Crippen molar-refractivity contribution in [3.05, 3.63) is 71.3 Å². The van der Waals surface area contributed by atoms with Crippen molar-refractivity contribution in [3.63, 3.8) is 0 Å². The third-order valence-electron chi connectivity index (χ3n) is 5.27. The lowest BCUT2D eigenvalue weighted by Crippen LogP contribution is -2.64. The number of ketones is 1. The monoisotopic (exact) mass is 464 g/mol. The smallest absolute Gasteiger partial charge is 0.350 e. The first-order valence-corrected chi connectivity index (χ1v) is 9.36. The van der Waals surface area contributed by atoms with E-state index in [-0.39, 0.29) is 17.7 Å². The molecule has 1 unspecified atom stereocenters. The van der Waals surface area contributed by atoms with Gasteiger partial charge in [0.25, 0.3) is 5.54 Å². The summed E-state index contributed by atoms with van der Waals surface area (Å²) in [4.78, 5) is 16.5. The van der Waals surface area contributed by atoms with Crippen molar-refractivity contribution in [2.75, 3.05) is 6.54 Å². The minimum Gasteiger partial charge on any atom is -0.350 e. The Kier molecular flexibility index (Phi) is 6.05. The highest BCUT2D eigenvalue weighted by Crippen LogP contribution is 2.53. The van der Waals surface area contributed by atoms with E-state index in [9.17, 15) is 39.9 Å². The summed E-state index contributed by atoms with van der Waals surface area (Å²) < 4.78 is 111. The molecule has 0 spiro atoms. The number of hydrogen-bond donors (Lipinski definition) is 0. The second-order valence-electron chi connectivity index (χ2n) is 7.14. The van der Waals surface area contributed by atoms with E-state index in [1.807, 2.05) is 0 Å². The maximum atomic E-state index is 14.1. The zero-order valence-corrected chi connectivity index (χ0v) is 16.4. The highest BCUT2D eigenvalue weighted by molar-refractivity contribution is 6.02. The van der Waals surface area contributed by atoms with Gasteiger partial charge in [-0.3, -0.25) is 4.79 Å². The minimum atomic E-state index is -5.89. The molecular weight excluding hydrogens is 448 g/mol. The van der Waals surface area contributed by atoms with E-state index in [0.717, 1.165) is 53.4 Å². The van der Waals surface area contributed by atoms with E-state index in [1.165, 1.54) is 6.92 Å². The van der Waals surface area contributed by atoms with Crippen molar-refractivity contribution in [1.29, 1.82) is 0 Å². The fraction of sp³-hybridized carbons (Fsp3) is 0.333. The first-order chi connectivity index (χ1) is 14.8. The molecule has 0 saturated carbocycles. The lowest BCUT2D eigenvalue weighted by Gasteiger charge is -2.39. The van der Waals surface area contributed by atoms with Crippen LogP contribution in [0.1, 0.15) is 29.3 Å². The fourth-order valence-corrected chi connectivity index (χ4v) is 3.73. The quantitative estimate of drug-likeness (QED) is 0.429. The van der Waals surface area contributed by atoms with Crippen LogP contribution in [0.3, 0.4) is 0 Å². The van der Waals surface area contributed by atoms with Crippen LogP contribution in [0.5, 0.6) is 0 Å². The molecule has 2 aromatic rings. The van der Waals surface area contributed by atoms with Gasteiger partial charge in [0.05, 0.1) is 6.04 Å². The Morgan fingerprint density at radius 1 is 0.906 bits per heavy atom. The average Bonchev–Trinajstić information content (AvgIpc) is 3.04. The van der Waals surface area contributed by atoms with Crippen molar-refractivity contribution in [2.45, 2.75) is 37.3 Å². The largest absolute Gasteiger partial charge is 0.424 e. The van der Waals surface area contributed by atoms with Crippen molar-refractivity contribution in [3.8, 4) is 0 Å². The average molecular weight is 464 g/mol. The molecule has 3 nitrogen and oxygen atoms in total. The molecule has 11 heteroatoms. The Labute approximate surface area is 177 Å². The zero-order valence-electron chi connectivity index (χ0n) is 16.4. The summed E-state index contributed by atoms with van der Waals surface area (Å²) in [5.41, 5.74) is -4.99. The number of alkyl halides is 6. The maximum absolute atomic E-state index is 14.1. The third kappa shape index (κ3) is 3.95. The van der Waals surface area contributed by atoms with Crippen LogP contribution >= 0.6 is 0 Å². The molecule has 0 N–H and O–H groups in total. The van der Waals surface area contributed by atoms with E-state index in [1.54, 1.807) is 0 Å². The van der Waals surface area contributed by atoms with Gasteiger partial charge in [-0.15, -0.1) is 0 Å². The highest BCUT2D eigenvalue weighted by atomic mass is 19.4. The molecule has 1 atom stereocenters. The summed E-state index contributed by atoms with van der Waals surface area (Å²) in [7, 11) is 0. The Hall–Kier alpha value is -2.98. The van der Waals surface area contributed by atoms with Gasteiger partial charge in [0.15, 0.2) is 5.78 Å². The molecule has 2 aromatic carbocycles. The Balaban J connectivity index is 2.16. The third-order valence-corrected chi connectivity index (χ3v) is 5.27. The molecule has 0 aliphatic carbocycles. The Morgan fingerprint density at radius 2 is 1.38 bits per heavy atom. The number of hydrogen-bond acceptors (Lipinski definition) is 3. The molecule has 1 aliphatic heterocycles. The van der Waals surface area contributed by atoms with Crippen LogP contribution in [0.15, 0.2) is 53.5 Å². The van der Waals surface area contributed by atoms with E-state index in [2.05, 4.69) is 4.99 Å². The Bertz CT molecular complexity index is 996. The molecule has 0 radical (unpaired) electrons. The summed E-state index contributed by atoms with van der Waals surface area (Å²) in [5, 5.41) is 0. The molecule has 0 fully saturated rings. The molecule has 0 saturated heterocycles. The van der Waals surface area contributed by atoms with Crippen molar-refractivity contribution >= 4 is 11.6 Å². The predicted molar refractivity (Wildman–Crippen MR) is 99.3 cm³/mol. The van der Waals surface area contributed by atoms with Gasteiger partial charge in [0, 0.05) is 24.1 Å². The molecule has 32 heavy (non-hydrogen) atoms. The molecule has 0 amide bonds. The first-order valence-electron chi connectivity index (χ1n) is 9.36. The highest BCUT2D eigenvalue weighted by Gasteiger charge is 2.78. The topological polar surface area (TPSA) is 32.7 Å². The predicted octanol–water partition coefficient (Wildman–Crippen LogP) is 5.55. The van der Waals surface area contributed by atoms with Crippen molar-refractivity contribution in [2.24, 2.45) is 4.99 Å². The number of benzene rings is 2. The van der Waals surface area contributed by atoms with E-state index in [0.29, 0.717) is 0 Å². The number of nitrogens with zero attached hydrogens (tertiary/aromatic N) is 2. The number of carbonyl (C=O) groups excluding carboxylic acids is 1. The van der Waals surface area contributed by atoms with Crippen LogP contribution < -0.4 is 0 Å².